The Morgan fingerprint density at radius 2 is 2.05 bits per heavy atom. The van der Waals surface area contributed by atoms with Crippen LogP contribution >= 0.6 is 11.3 Å². The van der Waals surface area contributed by atoms with Crippen LogP contribution in [-0.4, -0.2) is 30.7 Å². The standard InChI is InChI=1S/C18H23NOS/c1-2-6-16(7-3-1)10-11-19(14-17-8-4-12-20-17)15-18-9-5-13-21-18/h1-3,5-7,9,13,17H,4,8,10-12,14-15H2. The van der Waals surface area contributed by atoms with E-state index in [0.29, 0.717) is 6.10 Å². The van der Waals surface area contributed by atoms with E-state index in [0.717, 1.165) is 32.7 Å². The van der Waals surface area contributed by atoms with Crippen molar-refractivity contribution in [3.05, 3.63) is 58.3 Å². The van der Waals surface area contributed by atoms with Gasteiger partial charge in [-0.3, -0.25) is 4.90 Å². The quantitative estimate of drug-likeness (QED) is 0.767. The van der Waals surface area contributed by atoms with Crippen molar-refractivity contribution < 1.29 is 4.74 Å². The minimum atomic E-state index is 0.431. The molecule has 0 N–H and O–H groups in total. The van der Waals surface area contributed by atoms with E-state index in [1.165, 1.54) is 23.3 Å². The summed E-state index contributed by atoms with van der Waals surface area (Å²) in [6, 6.07) is 15.1. The topological polar surface area (TPSA) is 12.5 Å². The van der Waals surface area contributed by atoms with Gasteiger partial charge in [0.05, 0.1) is 6.10 Å². The zero-order valence-corrected chi connectivity index (χ0v) is 13.2. The highest BCUT2D eigenvalue weighted by Crippen LogP contribution is 2.17. The van der Waals surface area contributed by atoms with Crippen LogP contribution in [0.25, 0.3) is 0 Å². The molecule has 0 spiro atoms. The molecule has 0 amide bonds. The Hall–Kier alpha value is -1.16. The van der Waals surface area contributed by atoms with Gasteiger partial charge in [0.1, 0.15) is 0 Å². The first kappa shape index (κ1) is 14.8. The molecule has 0 bridgehead atoms. The summed E-state index contributed by atoms with van der Waals surface area (Å²) in [6.45, 7) is 4.15. The molecular weight excluding hydrogens is 278 g/mol. The van der Waals surface area contributed by atoms with E-state index in [9.17, 15) is 0 Å². The van der Waals surface area contributed by atoms with E-state index in [1.807, 2.05) is 11.3 Å². The van der Waals surface area contributed by atoms with Gasteiger partial charge >= 0.3 is 0 Å². The second-order valence-electron chi connectivity index (χ2n) is 5.69. The van der Waals surface area contributed by atoms with Crippen molar-refractivity contribution >= 4 is 11.3 Å². The summed E-state index contributed by atoms with van der Waals surface area (Å²) < 4.78 is 5.82. The Bertz CT molecular complexity index is 505. The fourth-order valence-electron chi connectivity index (χ4n) is 2.87. The van der Waals surface area contributed by atoms with Crippen molar-refractivity contribution in [2.24, 2.45) is 0 Å². The fourth-order valence-corrected chi connectivity index (χ4v) is 3.61. The number of benzene rings is 1. The first-order valence-electron chi connectivity index (χ1n) is 7.80. The Balaban J connectivity index is 1.57. The van der Waals surface area contributed by atoms with E-state index in [-0.39, 0.29) is 0 Å². The molecule has 3 heteroatoms. The number of rotatable bonds is 7. The van der Waals surface area contributed by atoms with Crippen LogP contribution in [0.1, 0.15) is 23.3 Å². The van der Waals surface area contributed by atoms with Crippen molar-refractivity contribution in [1.82, 2.24) is 4.90 Å². The summed E-state index contributed by atoms with van der Waals surface area (Å²) >= 11 is 1.85. The smallest absolute Gasteiger partial charge is 0.0702 e. The van der Waals surface area contributed by atoms with Crippen LogP contribution in [0.5, 0.6) is 0 Å². The lowest BCUT2D eigenvalue weighted by Crippen LogP contribution is -2.33. The molecule has 1 atom stereocenters. The van der Waals surface area contributed by atoms with Gasteiger partial charge in [-0.2, -0.15) is 0 Å². The van der Waals surface area contributed by atoms with E-state index >= 15 is 0 Å². The lowest BCUT2D eigenvalue weighted by molar-refractivity contribution is 0.0713. The molecule has 1 saturated heterocycles. The SMILES string of the molecule is c1ccc(CCN(Cc2cccs2)CC2CCCO2)cc1. The van der Waals surface area contributed by atoms with Gasteiger partial charge in [0.25, 0.3) is 0 Å². The van der Waals surface area contributed by atoms with Crippen LogP contribution in [0, 0.1) is 0 Å². The highest BCUT2D eigenvalue weighted by atomic mass is 32.1. The molecule has 2 nitrogen and oxygen atoms in total. The third-order valence-corrected chi connectivity index (χ3v) is 4.87. The largest absolute Gasteiger partial charge is 0.377 e. The van der Waals surface area contributed by atoms with Gasteiger partial charge in [-0.15, -0.1) is 11.3 Å². The van der Waals surface area contributed by atoms with E-state index < -0.39 is 0 Å². The van der Waals surface area contributed by atoms with Crippen LogP contribution in [0.4, 0.5) is 0 Å². The Kier molecular flexibility index (Phi) is 5.44. The molecule has 1 unspecified atom stereocenters. The number of nitrogens with zero attached hydrogens (tertiary/aromatic N) is 1. The molecule has 0 saturated carbocycles. The van der Waals surface area contributed by atoms with Gasteiger partial charge in [-0.25, -0.2) is 0 Å². The minimum absolute atomic E-state index is 0.431. The lowest BCUT2D eigenvalue weighted by atomic mass is 10.1. The number of thiophene rings is 1. The molecule has 2 aromatic rings. The van der Waals surface area contributed by atoms with Gasteiger partial charge < -0.3 is 4.74 Å². The summed E-state index contributed by atoms with van der Waals surface area (Å²) in [5, 5.41) is 2.16. The number of ether oxygens (including phenoxy) is 1. The van der Waals surface area contributed by atoms with E-state index in [2.05, 4.69) is 52.7 Å². The fraction of sp³-hybridized carbons (Fsp3) is 0.444. The normalized spacial score (nSPS) is 18.4. The molecule has 0 radical (unpaired) electrons. The molecular formula is C18H23NOS. The summed E-state index contributed by atoms with van der Waals surface area (Å²) in [6.07, 6.45) is 3.97. The second-order valence-corrected chi connectivity index (χ2v) is 6.72. The lowest BCUT2D eigenvalue weighted by Gasteiger charge is -2.24. The number of hydrogen-bond donors (Lipinski definition) is 0. The predicted molar refractivity (Wildman–Crippen MR) is 88.7 cm³/mol. The van der Waals surface area contributed by atoms with E-state index in [4.69, 9.17) is 4.74 Å². The van der Waals surface area contributed by atoms with E-state index in [1.54, 1.807) is 0 Å². The Morgan fingerprint density at radius 3 is 2.76 bits per heavy atom. The highest BCUT2D eigenvalue weighted by Gasteiger charge is 2.19. The predicted octanol–water partition coefficient (Wildman–Crippen LogP) is 3.97. The minimum Gasteiger partial charge on any atom is -0.377 e. The molecule has 1 aromatic carbocycles. The molecule has 2 heterocycles. The summed E-state index contributed by atoms with van der Waals surface area (Å²) in [5.41, 5.74) is 1.42. The second kappa shape index (κ2) is 7.74. The zero-order chi connectivity index (χ0) is 14.3. The van der Waals surface area contributed by atoms with Gasteiger partial charge in [0.2, 0.25) is 0 Å². The number of hydrogen-bond acceptors (Lipinski definition) is 3. The van der Waals surface area contributed by atoms with Crippen molar-refractivity contribution in [2.75, 3.05) is 19.7 Å². The summed E-state index contributed by atoms with van der Waals surface area (Å²) in [4.78, 5) is 4.00. The average Bonchev–Trinajstić information content (AvgIpc) is 3.20. The van der Waals surface area contributed by atoms with Crippen molar-refractivity contribution in [1.29, 1.82) is 0 Å². The molecule has 21 heavy (non-hydrogen) atoms. The van der Waals surface area contributed by atoms with Crippen LogP contribution in [0.2, 0.25) is 0 Å². The van der Waals surface area contributed by atoms with Gasteiger partial charge in [-0.05, 0) is 36.3 Å². The molecule has 1 aliphatic heterocycles. The van der Waals surface area contributed by atoms with Gasteiger partial charge in [-0.1, -0.05) is 36.4 Å². The highest BCUT2D eigenvalue weighted by molar-refractivity contribution is 7.09. The Morgan fingerprint density at radius 1 is 1.14 bits per heavy atom. The third kappa shape index (κ3) is 4.67. The maximum Gasteiger partial charge on any atom is 0.0702 e. The molecule has 1 aliphatic rings. The van der Waals surface area contributed by atoms with Gasteiger partial charge in [0, 0.05) is 31.1 Å². The maximum absolute atomic E-state index is 5.82. The average molecular weight is 301 g/mol. The molecule has 3 rings (SSSR count). The van der Waals surface area contributed by atoms with Crippen LogP contribution < -0.4 is 0 Å². The molecule has 1 aromatic heterocycles. The Labute approximate surface area is 131 Å². The van der Waals surface area contributed by atoms with Crippen molar-refractivity contribution in [2.45, 2.75) is 31.9 Å². The van der Waals surface area contributed by atoms with Crippen LogP contribution in [0.15, 0.2) is 47.8 Å². The summed E-state index contributed by atoms with van der Waals surface area (Å²) in [7, 11) is 0. The maximum atomic E-state index is 5.82. The first-order valence-corrected chi connectivity index (χ1v) is 8.68. The van der Waals surface area contributed by atoms with Gasteiger partial charge in [0.15, 0.2) is 0 Å². The molecule has 0 aliphatic carbocycles. The molecule has 112 valence electrons. The van der Waals surface area contributed by atoms with Crippen LogP contribution in [-0.2, 0) is 17.7 Å². The van der Waals surface area contributed by atoms with Crippen LogP contribution in [0.3, 0.4) is 0 Å². The van der Waals surface area contributed by atoms with Crippen molar-refractivity contribution in [3.8, 4) is 0 Å². The first-order chi connectivity index (χ1) is 10.4. The third-order valence-electron chi connectivity index (χ3n) is 4.00. The monoisotopic (exact) mass is 301 g/mol. The van der Waals surface area contributed by atoms with Crippen molar-refractivity contribution in [3.63, 3.8) is 0 Å². The molecule has 1 fully saturated rings. The zero-order valence-electron chi connectivity index (χ0n) is 12.4. The summed E-state index contributed by atoms with van der Waals surface area (Å²) in [5.74, 6) is 0.